The quantitative estimate of drug-likeness (QED) is 0.669. The Hall–Kier alpha value is -0.970. The summed E-state index contributed by atoms with van der Waals surface area (Å²) >= 11 is 0. The van der Waals surface area contributed by atoms with Crippen molar-refractivity contribution in [2.24, 2.45) is 5.92 Å². The summed E-state index contributed by atoms with van der Waals surface area (Å²) in [5.74, 6) is 0.571. The number of hydrogen-bond donors (Lipinski definition) is 1. The minimum atomic E-state index is 0.467. The van der Waals surface area contributed by atoms with E-state index in [2.05, 4.69) is 38.0 Å². The van der Waals surface area contributed by atoms with Gasteiger partial charge in [-0.15, -0.1) is 0 Å². The Morgan fingerprint density at radius 3 is 2.45 bits per heavy atom. The summed E-state index contributed by atoms with van der Waals surface area (Å²) in [6, 6.07) is 6.52. The SMILES string of the molecule is CC(C)COCCOCc1cccc(CNC(C)C)n1. The van der Waals surface area contributed by atoms with Crippen molar-refractivity contribution >= 4 is 0 Å². The first kappa shape index (κ1) is 17.1. The Balaban J connectivity index is 2.21. The van der Waals surface area contributed by atoms with E-state index in [9.17, 15) is 0 Å². The molecule has 0 aliphatic heterocycles. The van der Waals surface area contributed by atoms with Crippen molar-refractivity contribution in [3.8, 4) is 0 Å². The number of ether oxygens (including phenoxy) is 2. The molecule has 0 saturated carbocycles. The van der Waals surface area contributed by atoms with Gasteiger partial charge in [-0.3, -0.25) is 4.98 Å². The van der Waals surface area contributed by atoms with E-state index in [0.29, 0.717) is 31.8 Å². The standard InChI is InChI=1S/C16H28N2O2/c1-13(2)11-19-8-9-20-12-16-7-5-6-15(18-16)10-17-14(3)4/h5-7,13-14,17H,8-12H2,1-4H3. The van der Waals surface area contributed by atoms with Gasteiger partial charge < -0.3 is 14.8 Å². The lowest BCUT2D eigenvalue weighted by Gasteiger charge is -2.09. The van der Waals surface area contributed by atoms with Crippen molar-refractivity contribution < 1.29 is 9.47 Å². The molecule has 0 aromatic carbocycles. The average molecular weight is 280 g/mol. The van der Waals surface area contributed by atoms with Gasteiger partial charge in [0.05, 0.1) is 31.2 Å². The maximum atomic E-state index is 5.57. The lowest BCUT2D eigenvalue weighted by atomic mass is 10.2. The fourth-order valence-electron chi connectivity index (χ4n) is 1.63. The van der Waals surface area contributed by atoms with Crippen molar-refractivity contribution in [1.29, 1.82) is 0 Å². The molecule has 4 nitrogen and oxygen atoms in total. The van der Waals surface area contributed by atoms with Gasteiger partial charge >= 0.3 is 0 Å². The highest BCUT2D eigenvalue weighted by Crippen LogP contribution is 2.02. The third-order valence-electron chi connectivity index (χ3n) is 2.63. The van der Waals surface area contributed by atoms with Gasteiger partial charge in [0.15, 0.2) is 0 Å². The van der Waals surface area contributed by atoms with Crippen LogP contribution >= 0.6 is 0 Å². The molecule has 0 amide bonds. The summed E-state index contributed by atoms with van der Waals surface area (Å²) in [5, 5.41) is 3.36. The number of aromatic nitrogens is 1. The number of nitrogens with zero attached hydrogens (tertiary/aromatic N) is 1. The first-order chi connectivity index (χ1) is 9.58. The molecule has 1 N–H and O–H groups in total. The zero-order chi connectivity index (χ0) is 14.8. The summed E-state index contributed by atoms with van der Waals surface area (Å²) in [6.07, 6.45) is 0. The zero-order valence-electron chi connectivity index (χ0n) is 13.2. The first-order valence-corrected chi connectivity index (χ1v) is 7.41. The maximum Gasteiger partial charge on any atom is 0.0889 e. The van der Waals surface area contributed by atoms with Crippen LogP contribution in [0.2, 0.25) is 0 Å². The summed E-state index contributed by atoms with van der Waals surface area (Å²) < 4.78 is 11.0. The second-order valence-corrected chi connectivity index (χ2v) is 5.68. The third kappa shape index (κ3) is 8.25. The summed E-state index contributed by atoms with van der Waals surface area (Å²) in [7, 11) is 0. The third-order valence-corrected chi connectivity index (χ3v) is 2.63. The molecule has 1 heterocycles. The van der Waals surface area contributed by atoms with Crippen LogP contribution in [0.4, 0.5) is 0 Å². The van der Waals surface area contributed by atoms with Crippen LogP contribution in [0.25, 0.3) is 0 Å². The summed E-state index contributed by atoms with van der Waals surface area (Å²) in [6.45, 7) is 11.9. The van der Waals surface area contributed by atoms with Crippen LogP contribution in [0.1, 0.15) is 39.1 Å². The van der Waals surface area contributed by atoms with E-state index in [1.807, 2.05) is 18.2 Å². The van der Waals surface area contributed by atoms with Crippen LogP contribution in [0.3, 0.4) is 0 Å². The van der Waals surface area contributed by atoms with Gasteiger partial charge in [0, 0.05) is 19.2 Å². The molecule has 0 atom stereocenters. The highest BCUT2D eigenvalue weighted by Gasteiger charge is 2.00. The first-order valence-electron chi connectivity index (χ1n) is 7.41. The number of rotatable bonds is 10. The van der Waals surface area contributed by atoms with E-state index < -0.39 is 0 Å². The van der Waals surface area contributed by atoms with E-state index in [0.717, 1.165) is 24.5 Å². The van der Waals surface area contributed by atoms with E-state index >= 15 is 0 Å². The minimum Gasteiger partial charge on any atom is -0.379 e. The van der Waals surface area contributed by atoms with Crippen molar-refractivity contribution in [3.05, 3.63) is 29.6 Å². The molecular weight excluding hydrogens is 252 g/mol. The Morgan fingerprint density at radius 2 is 1.75 bits per heavy atom. The summed E-state index contributed by atoms with van der Waals surface area (Å²) in [4.78, 5) is 4.56. The number of pyridine rings is 1. The summed E-state index contributed by atoms with van der Waals surface area (Å²) in [5.41, 5.74) is 2.02. The molecule has 1 rings (SSSR count). The lowest BCUT2D eigenvalue weighted by Crippen LogP contribution is -2.22. The highest BCUT2D eigenvalue weighted by atomic mass is 16.5. The predicted molar refractivity (Wildman–Crippen MR) is 81.5 cm³/mol. The monoisotopic (exact) mass is 280 g/mol. The van der Waals surface area contributed by atoms with Gasteiger partial charge in [-0.2, -0.15) is 0 Å². The molecule has 0 aliphatic carbocycles. The van der Waals surface area contributed by atoms with Gasteiger partial charge in [-0.1, -0.05) is 33.8 Å². The predicted octanol–water partition coefficient (Wildman–Crippen LogP) is 2.77. The molecule has 1 aromatic heterocycles. The second-order valence-electron chi connectivity index (χ2n) is 5.68. The lowest BCUT2D eigenvalue weighted by molar-refractivity contribution is 0.0304. The van der Waals surface area contributed by atoms with Crippen molar-refractivity contribution in [3.63, 3.8) is 0 Å². The van der Waals surface area contributed by atoms with Gasteiger partial charge in [0.2, 0.25) is 0 Å². The smallest absolute Gasteiger partial charge is 0.0889 e. The molecule has 114 valence electrons. The average Bonchev–Trinajstić information content (AvgIpc) is 2.40. The number of nitrogens with one attached hydrogen (secondary N) is 1. The van der Waals surface area contributed by atoms with Crippen LogP contribution in [0.15, 0.2) is 18.2 Å². The van der Waals surface area contributed by atoms with Gasteiger partial charge in [-0.05, 0) is 18.1 Å². The largest absolute Gasteiger partial charge is 0.379 e. The van der Waals surface area contributed by atoms with Gasteiger partial charge in [0.1, 0.15) is 0 Å². The maximum absolute atomic E-state index is 5.57. The second kappa shape index (κ2) is 9.86. The molecule has 0 bridgehead atoms. The molecule has 0 unspecified atom stereocenters. The van der Waals surface area contributed by atoms with Crippen LogP contribution in [0.5, 0.6) is 0 Å². The molecule has 0 spiro atoms. The Bertz CT molecular complexity index is 367. The van der Waals surface area contributed by atoms with Crippen LogP contribution in [-0.4, -0.2) is 30.8 Å². The Kier molecular flexibility index (Phi) is 8.42. The molecular formula is C16H28N2O2. The molecule has 0 fully saturated rings. The van der Waals surface area contributed by atoms with E-state index in [4.69, 9.17) is 9.47 Å². The van der Waals surface area contributed by atoms with Gasteiger partial charge in [-0.25, -0.2) is 0 Å². The molecule has 0 aliphatic rings. The van der Waals surface area contributed by atoms with Crippen molar-refractivity contribution in [2.75, 3.05) is 19.8 Å². The zero-order valence-corrected chi connectivity index (χ0v) is 13.2. The van der Waals surface area contributed by atoms with E-state index in [1.165, 1.54) is 0 Å². The van der Waals surface area contributed by atoms with Gasteiger partial charge in [0.25, 0.3) is 0 Å². The molecule has 20 heavy (non-hydrogen) atoms. The van der Waals surface area contributed by atoms with Crippen LogP contribution in [0, 0.1) is 5.92 Å². The number of hydrogen-bond acceptors (Lipinski definition) is 4. The molecule has 1 aromatic rings. The highest BCUT2D eigenvalue weighted by molar-refractivity contribution is 5.10. The topological polar surface area (TPSA) is 43.4 Å². The Labute approximate surface area is 122 Å². The molecule has 0 radical (unpaired) electrons. The minimum absolute atomic E-state index is 0.467. The van der Waals surface area contributed by atoms with Crippen molar-refractivity contribution in [2.45, 2.75) is 46.9 Å². The fraction of sp³-hybridized carbons (Fsp3) is 0.688. The normalized spacial score (nSPS) is 11.5. The van der Waals surface area contributed by atoms with E-state index in [1.54, 1.807) is 0 Å². The van der Waals surface area contributed by atoms with Crippen molar-refractivity contribution in [1.82, 2.24) is 10.3 Å². The van der Waals surface area contributed by atoms with E-state index in [-0.39, 0.29) is 0 Å². The Morgan fingerprint density at radius 1 is 1.05 bits per heavy atom. The fourth-order valence-corrected chi connectivity index (χ4v) is 1.63. The van der Waals surface area contributed by atoms with Crippen LogP contribution in [-0.2, 0) is 22.6 Å². The molecule has 0 saturated heterocycles. The van der Waals surface area contributed by atoms with Crippen LogP contribution < -0.4 is 5.32 Å². The molecule has 4 heteroatoms.